The molecule has 1 saturated heterocycles. The molecule has 1 unspecified atom stereocenters. The van der Waals surface area contributed by atoms with Crippen molar-refractivity contribution in [2.75, 3.05) is 24.1 Å². The Hall–Kier alpha value is -3.84. The molecular formula is C24H25N5O4S. The highest BCUT2D eigenvalue weighted by Gasteiger charge is 2.32. The first-order valence-corrected chi connectivity index (χ1v) is 11.6. The maximum Gasteiger partial charge on any atom is 0.410 e. The molecule has 34 heavy (non-hydrogen) atoms. The van der Waals surface area contributed by atoms with Gasteiger partial charge in [-0.1, -0.05) is 35.5 Å². The summed E-state index contributed by atoms with van der Waals surface area (Å²) >= 11 is 1.09. The lowest BCUT2D eigenvalue weighted by molar-refractivity contribution is 0.0293. The smallest absolute Gasteiger partial charge is 0.410 e. The molecule has 1 aliphatic heterocycles. The molecule has 0 radical (unpaired) electrons. The summed E-state index contributed by atoms with van der Waals surface area (Å²) in [5, 5.41) is 17.4. The summed E-state index contributed by atoms with van der Waals surface area (Å²) in [7, 11) is 0. The van der Waals surface area contributed by atoms with E-state index in [1.807, 2.05) is 51.1 Å². The number of anilines is 2. The lowest BCUT2D eigenvalue weighted by Gasteiger charge is -2.24. The van der Waals surface area contributed by atoms with E-state index in [9.17, 15) is 14.9 Å². The molecule has 4 rings (SSSR count). The van der Waals surface area contributed by atoms with Gasteiger partial charge < -0.3 is 25.2 Å². The molecule has 0 spiro atoms. The van der Waals surface area contributed by atoms with Gasteiger partial charge in [0.2, 0.25) is 11.5 Å². The number of hydrogen-bond acceptors (Lipinski definition) is 9. The minimum absolute atomic E-state index is 0.0415. The number of nitrogens with one attached hydrogen (secondary N) is 1. The molecule has 10 heteroatoms. The van der Waals surface area contributed by atoms with E-state index < -0.39 is 11.4 Å². The van der Waals surface area contributed by atoms with Crippen molar-refractivity contribution in [2.45, 2.75) is 38.8 Å². The molecule has 1 amide bonds. The van der Waals surface area contributed by atoms with Crippen LogP contribution in [-0.4, -0.2) is 46.7 Å². The van der Waals surface area contributed by atoms with Crippen molar-refractivity contribution < 1.29 is 18.8 Å². The van der Waals surface area contributed by atoms with Gasteiger partial charge in [-0.3, -0.25) is 4.79 Å². The average molecular weight is 480 g/mol. The maximum absolute atomic E-state index is 13.1. The fourth-order valence-corrected chi connectivity index (χ4v) is 4.71. The molecule has 1 atom stereocenters. The van der Waals surface area contributed by atoms with Gasteiger partial charge in [0.05, 0.1) is 5.69 Å². The Bertz CT molecular complexity index is 1250. The van der Waals surface area contributed by atoms with Gasteiger partial charge in [-0.25, -0.2) is 4.79 Å². The second kappa shape index (κ2) is 9.19. The Morgan fingerprint density at radius 1 is 1.32 bits per heavy atom. The molecule has 0 aliphatic carbocycles. The van der Waals surface area contributed by atoms with Crippen LogP contribution in [0.2, 0.25) is 0 Å². The van der Waals surface area contributed by atoms with Crippen LogP contribution in [0.15, 0.2) is 40.9 Å². The van der Waals surface area contributed by atoms with Crippen LogP contribution in [0, 0.1) is 11.3 Å². The van der Waals surface area contributed by atoms with E-state index in [1.54, 1.807) is 11.0 Å². The first-order chi connectivity index (χ1) is 16.2. The van der Waals surface area contributed by atoms with Crippen molar-refractivity contribution in [3.8, 4) is 17.3 Å². The number of hydrogen-bond donors (Lipinski definition) is 2. The van der Waals surface area contributed by atoms with Crippen molar-refractivity contribution in [3.63, 3.8) is 0 Å². The third kappa shape index (κ3) is 4.89. The SMILES string of the molecule is CC(C)(C)OC(=O)N1CCC(Nc2sc(C(=O)c3cc(-c4ccccc4)no3)c(N)c2C#N)C1. The Morgan fingerprint density at radius 2 is 2.06 bits per heavy atom. The van der Waals surface area contributed by atoms with Gasteiger partial charge in [0.15, 0.2) is 0 Å². The number of nitriles is 1. The average Bonchev–Trinajstić information content (AvgIpc) is 3.52. The largest absolute Gasteiger partial charge is 0.444 e. The second-order valence-corrected chi connectivity index (χ2v) is 10.0. The molecule has 2 aromatic heterocycles. The fraction of sp³-hybridized carbons (Fsp3) is 0.333. The number of thiophene rings is 1. The van der Waals surface area contributed by atoms with Crippen LogP contribution in [0.25, 0.3) is 11.3 Å². The Labute approximate surface area is 201 Å². The van der Waals surface area contributed by atoms with Crippen molar-refractivity contribution >= 4 is 33.9 Å². The zero-order valence-electron chi connectivity index (χ0n) is 19.1. The summed E-state index contributed by atoms with van der Waals surface area (Å²) in [6, 6.07) is 12.9. The molecule has 0 saturated carbocycles. The molecule has 1 fully saturated rings. The number of aromatic nitrogens is 1. The molecule has 3 heterocycles. The summed E-state index contributed by atoms with van der Waals surface area (Å²) in [6.07, 6.45) is 0.298. The standard InChI is InChI=1S/C24H25N5O4S/c1-24(2,3)32-23(31)29-10-9-15(13-29)27-22-16(12-25)19(26)21(34-22)20(30)18-11-17(28-33-18)14-7-5-4-6-8-14/h4-8,11,15,27H,9-10,13,26H2,1-3H3. The number of ketones is 1. The lowest BCUT2D eigenvalue weighted by Crippen LogP contribution is -2.36. The number of nitrogens with zero attached hydrogens (tertiary/aromatic N) is 3. The van der Waals surface area contributed by atoms with Crippen LogP contribution in [0.1, 0.15) is 48.2 Å². The molecule has 1 aromatic carbocycles. The van der Waals surface area contributed by atoms with Crippen LogP contribution in [0.4, 0.5) is 15.5 Å². The zero-order chi connectivity index (χ0) is 24.5. The summed E-state index contributed by atoms with van der Waals surface area (Å²) in [6.45, 7) is 6.41. The predicted molar refractivity (Wildman–Crippen MR) is 129 cm³/mol. The number of amides is 1. The minimum Gasteiger partial charge on any atom is -0.444 e. The predicted octanol–water partition coefficient (Wildman–Crippen LogP) is 4.51. The topological polar surface area (TPSA) is 134 Å². The van der Waals surface area contributed by atoms with Crippen LogP contribution in [-0.2, 0) is 4.74 Å². The number of carbonyl (C=O) groups excluding carboxylic acids is 2. The van der Waals surface area contributed by atoms with E-state index in [0.717, 1.165) is 16.9 Å². The van der Waals surface area contributed by atoms with Gasteiger partial charge in [0.25, 0.3) is 0 Å². The van der Waals surface area contributed by atoms with Crippen molar-refractivity contribution in [1.29, 1.82) is 5.26 Å². The molecular weight excluding hydrogens is 454 g/mol. The van der Waals surface area contributed by atoms with Crippen LogP contribution in [0.3, 0.4) is 0 Å². The van der Waals surface area contributed by atoms with Crippen LogP contribution >= 0.6 is 11.3 Å². The number of likely N-dealkylation sites (tertiary alicyclic amines) is 1. The van der Waals surface area contributed by atoms with Gasteiger partial charge in [0, 0.05) is 30.8 Å². The van der Waals surface area contributed by atoms with Gasteiger partial charge in [-0.2, -0.15) is 5.26 Å². The first kappa shape index (κ1) is 23.3. The number of carbonyl (C=O) groups is 2. The Balaban J connectivity index is 1.50. The highest BCUT2D eigenvalue weighted by Crippen LogP contribution is 2.38. The van der Waals surface area contributed by atoms with E-state index in [-0.39, 0.29) is 34.0 Å². The number of ether oxygens (including phenoxy) is 1. The number of nitrogen functional groups attached to an aromatic ring is 1. The molecule has 3 aromatic rings. The molecule has 0 bridgehead atoms. The molecule has 3 N–H and O–H groups in total. The molecule has 9 nitrogen and oxygen atoms in total. The highest BCUT2D eigenvalue weighted by molar-refractivity contribution is 7.19. The van der Waals surface area contributed by atoms with Crippen molar-refractivity contribution in [1.82, 2.24) is 10.1 Å². The third-order valence-corrected chi connectivity index (χ3v) is 6.38. The van der Waals surface area contributed by atoms with Crippen LogP contribution < -0.4 is 11.1 Å². The summed E-state index contributed by atoms with van der Waals surface area (Å²) < 4.78 is 10.7. The maximum atomic E-state index is 13.1. The number of nitrogens with two attached hydrogens (primary N) is 1. The first-order valence-electron chi connectivity index (χ1n) is 10.8. The van der Waals surface area contributed by atoms with Crippen molar-refractivity contribution in [2.24, 2.45) is 0 Å². The van der Waals surface area contributed by atoms with Gasteiger partial charge in [0.1, 0.15) is 32.8 Å². The fourth-order valence-electron chi connectivity index (χ4n) is 3.62. The molecule has 1 aliphatic rings. The number of rotatable bonds is 5. The summed E-state index contributed by atoms with van der Waals surface area (Å²) in [5.41, 5.74) is 7.25. The van der Waals surface area contributed by atoms with E-state index in [0.29, 0.717) is 30.2 Å². The lowest BCUT2D eigenvalue weighted by atomic mass is 10.1. The Morgan fingerprint density at radius 3 is 2.74 bits per heavy atom. The van der Waals surface area contributed by atoms with Gasteiger partial charge in [-0.05, 0) is 27.2 Å². The summed E-state index contributed by atoms with van der Waals surface area (Å²) in [5.74, 6) is -0.400. The van der Waals surface area contributed by atoms with Crippen LogP contribution in [0.5, 0.6) is 0 Å². The number of benzene rings is 1. The third-order valence-electron chi connectivity index (χ3n) is 5.24. The van der Waals surface area contributed by atoms with E-state index in [2.05, 4.69) is 16.5 Å². The summed E-state index contributed by atoms with van der Waals surface area (Å²) in [4.78, 5) is 27.3. The second-order valence-electron chi connectivity index (χ2n) is 8.99. The zero-order valence-corrected chi connectivity index (χ0v) is 19.9. The normalized spacial score (nSPS) is 15.7. The molecule has 176 valence electrons. The highest BCUT2D eigenvalue weighted by atomic mass is 32.1. The quantitative estimate of drug-likeness (QED) is 0.511. The van der Waals surface area contributed by atoms with Gasteiger partial charge in [-0.15, -0.1) is 11.3 Å². The minimum atomic E-state index is -0.574. The van der Waals surface area contributed by atoms with E-state index in [1.165, 1.54) is 0 Å². The van der Waals surface area contributed by atoms with Crippen molar-refractivity contribution in [3.05, 3.63) is 52.6 Å². The van der Waals surface area contributed by atoms with E-state index in [4.69, 9.17) is 15.0 Å². The monoisotopic (exact) mass is 479 g/mol. The van der Waals surface area contributed by atoms with Gasteiger partial charge >= 0.3 is 6.09 Å². The Kier molecular flexibility index (Phi) is 6.30. The van der Waals surface area contributed by atoms with E-state index >= 15 is 0 Å².